The number of aryl methyl sites for hydroxylation is 2. The highest BCUT2D eigenvalue weighted by Gasteiger charge is 2.26. The normalized spacial score (nSPS) is 19.6. The molecule has 3 heterocycles. The summed E-state index contributed by atoms with van der Waals surface area (Å²) in [5, 5.41) is 11.6. The van der Waals surface area contributed by atoms with Gasteiger partial charge in [0.2, 0.25) is 0 Å². The number of nitrogens with zero attached hydrogens (tertiary/aromatic N) is 6. The van der Waals surface area contributed by atoms with Gasteiger partial charge in [0.05, 0.1) is 11.7 Å². The molecule has 6 heteroatoms. The van der Waals surface area contributed by atoms with Gasteiger partial charge in [0.15, 0.2) is 0 Å². The van der Waals surface area contributed by atoms with E-state index in [0.717, 1.165) is 31.9 Å². The smallest absolute Gasteiger partial charge is 0.148 e. The van der Waals surface area contributed by atoms with Gasteiger partial charge in [-0.2, -0.15) is 0 Å². The maximum Gasteiger partial charge on any atom is 0.148 e. The largest absolute Gasteiger partial charge is 0.295 e. The molecule has 106 valence electrons. The summed E-state index contributed by atoms with van der Waals surface area (Å²) in [6, 6.07) is 6.66. The Morgan fingerprint density at radius 2 is 2.25 bits per heavy atom. The van der Waals surface area contributed by atoms with Crippen molar-refractivity contribution in [3.05, 3.63) is 35.9 Å². The van der Waals surface area contributed by atoms with E-state index in [9.17, 15) is 0 Å². The van der Waals surface area contributed by atoms with Gasteiger partial charge < -0.3 is 0 Å². The molecule has 1 saturated heterocycles. The third-order valence-electron chi connectivity index (χ3n) is 3.92. The van der Waals surface area contributed by atoms with Crippen molar-refractivity contribution in [2.75, 3.05) is 13.1 Å². The third kappa shape index (κ3) is 2.85. The Morgan fingerprint density at radius 3 is 3.00 bits per heavy atom. The molecule has 1 aliphatic heterocycles. The number of hydrogen-bond acceptors (Lipinski definition) is 5. The molecule has 6 nitrogen and oxygen atoms in total. The number of rotatable bonds is 5. The highest BCUT2D eigenvalue weighted by Crippen LogP contribution is 2.30. The summed E-state index contributed by atoms with van der Waals surface area (Å²) in [6.45, 7) is 5.05. The lowest BCUT2D eigenvalue weighted by Crippen LogP contribution is -2.26. The van der Waals surface area contributed by atoms with Gasteiger partial charge in [0.1, 0.15) is 5.82 Å². The minimum Gasteiger partial charge on any atom is -0.295 e. The molecule has 0 unspecified atom stereocenters. The Kier molecular flexibility index (Phi) is 4.01. The number of hydrogen-bond donors (Lipinski definition) is 0. The van der Waals surface area contributed by atoms with E-state index in [-0.39, 0.29) is 0 Å². The van der Waals surface area contributed by atoms with Crippen LogP contribution in [0.25, 0.3) is 0 Å². The van der Waals surface area contributed by atoms with Gasteiger partial charge >= 0.3 is 0 Å². The van der Waals surface area contributed by atoms with Crippen LogP contribution in [0.1, 0.15) is 36.8 Å². The molecule has 0 aromatic carbocycles. The fraction of sp³-hybridized carbons (Fsp3) is 0.571. The number of tetrazole rings is 1. The highest BCUT2D eigenvalue weighted by molar-refractivity contribution is 5.10. The topological polar surface area (TPSA) is 59.7 Å². The van der Waals surface area contributed by atoms with Crippen molar-refractivity contribution in [2.24, 2.45) is 0 Å². The Hall–Kier alpha value is -1.82. The Morgan fingerprint density at radius 1 is 1.30 bits per heavy atom. The van der Waals surface area contributed by atoms with Crippen molar-refractivity contribution >= 4 is 0 Å². The highest BCUT2D eigenvalue weighted by atomic mass is 15.5. The third-order valence-corrected chi connectivity index (χ3v) is 3.92. The molecule has 0 spiro atoms. The van der Waals surface area contributed by atoms with Crippen molar-refractivity contribution in [3.8, 4) is 0 Å². The minimum atomic E-state index is 0.478. The van der Waals surface area contributed by atoms with Crippen LogP contribution in [0.2, 0.25) is 0 Å². The average molecular weight is 272 g/mol. The summed E-state index contributed by atoms with van der Waals surface area (Å²) in [6.07, 6.45) is 5.41. The van der Waals surface area contributed by atoms with Crippen LogP contribution in [-0.4, -0.2) is 43.2 Å². The maximum absolute atomic E-state index is 4.50. The number of aromatic nitrogens is 5. The zero-order valence-corrected chi connectivity index (χ0v) is 11.8. The van der Waals surface area contributed by atoms with E-state index >= 15 is 0 Å². The molecule has 0 radical (unpaired) electrons. The second kappa shape index (κ2) is 6.09. The van der Waals surface area contributed by atoms with E-state index in [1.165, 1.54) is 18.5 Å². The average Bonchev–Trinajstić information content (AvgIpc) is 3.10. The second-order valence-electron chi connectivity index (χ2n) is 5.25. The van der Waals surface area contributed by atoms with Crippen molar-refractivity contribution in [3.63, 3.8) is 0 Å². The number of likely N-dealkylation sites (tertiary alicyclic amines) is 1. The van der Waals surface area contributed by atoms with Crippen LogP contribution in [0.3, 0.4) is 0 Å². The van der Waals surface area contributed by atoms with Gasteiger partial charge in [-0.1, -0.05) is 6.07 Å². The molecular weight excluding hydrogens is 252 g/mol. The fourth-order valence-electron chi connectivity index (χ4n) is 2.88. The van der Waals surface area contributed by atoms with E-state index in [0.29, 0.717) is 6.04 Å². The standard InChI is InChI=1S/C14H20N6/c1-12-16-17-18-20(12)11-5-10-19-9-4-7-14(19)13-6-2-3-8-15-13/h2-3,6,8,14H,4-5,7,9-11H2,1H3/t14-/m1/s1. The first-order valence-corrected chi connectivity index (χ1v) is 7.22. The lowest BCUT2D eigenvalue weighted by molar-refractivity contribution is 0.243. The van der Waals surface area contributed by atoms with Crippen LogP contribution in [-0.2, 0) is 6.54 Å². The molecule has 0 bridgehead atoms. The molecule has 0 amide bonds. The predicted octanol–water partition coefficient (Wildman–Crippen LogP) is 1.60. The molecule has 0 saturated carbocycles. The monoisotopic (exact) mass is 272 g/mol. The Labute approximate surface area is 118 Å². The molecule has 2 aromatic heterocycles. The molecular formula is C14H20N6. The van der Waals surface area contributed by atoms with Crippen molar-refractivity contribution in [1.82, 2.24) is 30.1 Å². The molecule has 0 N–H and O–H groups in total. The zero-order valence-electron chi connectivity index (χ0n) is 11.8. The molecule has 3 rings (SSSR count). The van der Waals surface area contributed by atoms with E-state index in [1.54, 1.807) is 0 Å². The van der Waals surface area contributed by atoms with Gasteiger partial charge in [-0.05, 0) is 55.3 Å². The minimum absolute atomic E-state index is 0.478. The fourth-order valence-corrected chi connectivity index (χ4v) is 2.88. The van der Waals surface area contributed by atoms with E-state index in [4.69, 9.17) is 0 Å². The summed E-state index contributed by atoms with van der Waals surface area (Å²) >= 11 is 0. The van der Waals surface area contributed by atoms with Crippen molar-refractivity contribution < 1.29 is 0 Å². The maximum atomic E-state index is 4.50. The van der Waals surface area contributed by atoms with Crippen LogP contribution < -0.4 is 0 Å². The van der Waals surface area contributed by atoms with Crippen molar-refractivity contribution in [1.29, 1.82) is 0 Å². The Balaban J connectivity index is 1.56. The van der Waals surface area contributed by atoms with Crippen molar-refractivity contribution in [2.45, 2.75) is 38.8 Å². The summed E-state index contributed by atoms with van der Waals surface area (Å²) < 4.78 is 1.87. The van der Waals surface area contributed by atoms with Gasteiger partial charge in [-0.15, -0.1) is 5.10 Å². The van der Waals surface area contributed by atoms with Gasteiger partial charge in [0, 0.05) is 19.3 Å². The molecule has 20 heavy (non-hydrogen) atoms. The van der Waals surface area contributed by atoms with Crippen LogP contribution >= 0.6 is 0 Å². The van der Waals surface area contributed by atoms with Gasteiger partial charge in [0.25, 0.3) is 0 Å². The van der Waals surface area contributed by atoms with Crippen LogP contribution in [0, 0.1) is 6.92 Å². The Bertz CT molecular complexity index is 538. The summed E-state index contributed by atoms with van der Waals surface area (Å²) in [5.41, 5.74) is 1.20. The second-order valence-corrected chi connectivity index (χ2v) is 5.25. The quantitative estimate of drug-likeness (QED) is 0.827. The van der Waals surface area contributed by atoms with E-state index in [1.807, 2.05) is 23.9 Å². The summed E-state index contributed by atoms with van der Waals surface area (Å²) in [4.78, 5) is 7.03. The molecule has 1 atom stereocenters. The lowest BCUT2D eigenvalue weighted by Gasteiger charge is -2.23. The summed E-state index contributed by atoms with van der Waals surface area (Å²) in [5.74, 6) is 0.882. The first kappa shape index (κ1) is 13.2. The molecule has 2 aromatic rings. The van der Waals surface area contributed by atoms with Crippen LogP contribution in [0.4, 0.5) is 0 Å². The van der Waals surface area contributed by atoms with Crippen LogP contribution in [0.15, 0.2) is 24.4 Å². The first-order valence-electron chi connectivity index (χ1n) is 7.22. The zero-order chi connectivity index (χ0) is 13.8. The SMILES string of the molecule is Cc1nnnn1CCCN1CCC[C@@H]1c1ccccn1. The van der Waals surface area contributed by atoms with Gasteiger partial charge in [-0.3, -0.25) is 9.88 Å². The van der Waals surface area contributed by atoms with E-state index in [2.05, 4.69) is 37.5 Å². The number of pyridine rings is 1. The molecule has 1 fully saturated rings. The van der Waals surface area contributed by atoms with Crippen LogP contribution in [0.5, 0.6) is 0 Å². The first-order chi connectivity index (χ1) is 9.84. The predicted molar refractivity (Wildman–Crippen MR) is 75.0 cm³/mol. The van der Waals surface area contributed by atoms with E-state index < -0.39 is 0 Å². The molecule has 0 aliphatic carbocycles. The lowest BCUT2D eigenvalue weighted by atomic mass is 10.1. The van der Waals surface area contributed by atoms with Gasteiger partial charge in [-0.25, -0.2) is 4.68 Å². The summed E-state index contributed by atoms with van der Waals surface area (Å²) in [7, 11) is 0. The molecule has 1 aliphatic rings.